The maximum absolute atomic E-state index is 13.0. The summed E-state index contributed by atoms with van der Waals surface area (Å²) < 4.78 is 0. The molecule has 2 N–H and O–H groups in total. The van der Waals surface area contributed by atoms with Gasteiger partial charge in [-0.1, -0.05) is 54.6 Å². The molecule has 2 atom stereocenters. The molecule has 6 heteroatoms. The third kappa shape index (κ3) is 4.94. The third-order valence-electron chi connectivity index (χ3n) is 5.34. The van der Waals surface area contributed by atoms with Crippen molar-refractivity contribution in [1.29, 1.82) is 0 Å². The van der Waals surface area contributed by atoms with E-state index in [4.69, 9.17) is 11.6 Å². The molecule has 1 aliphatic heterocycles. The Hall–Kier alpha value is -2.76. The Labute approximate surface area is 190 Å². The fourth-order valence-electron chi connectivity index (χ4n) is 3.74. The van der Waals surface area contributed by atoms with E-state index in [1.807, 2.05) is 48.5 Å². The van der Waals surface area contributed by atoms with E-state index >= 15 is 0 Å². The first-order chi connectivity index (χ1) is 15.0. The summed E-state index contributed by atoms with van der Waals surface area (Å²) in [5.41, 5.74) is 3.58. The maximum Gasteiger partial charge on any atom is 0.337 e. The largest absolute Gasteiger partial charge is 0.478 e. The first-order valence-corrected chi connectivity index (χ1v) is 11.4. The molecule has 0 bridgehead atoms. The number of carbonyl (C=O) groups is 2. The molecule has 0 fully saturated rings. The van der Waals surface area contributed by atoms with Crippen LogP contribution in [0.4, 0.5) is 5.69 Å². The van der Waals surface area contributed by atoms with Crippen LogP contribution in [0.25, 0.3) is 0 Å². The molecule has 1 aliphatic rings. The molecule has 0 aliphatic carbocycles. The number of benzene rings is 3. The Bertz CT molecular complexity index is 1100. The van der Waals surface area contributed by atoms with Crippen molar-refractivity contribution in [2.24, 2.45) is 0 Å². The summed E-state index contributed by atoms with van der Waals surface area (Å²) in [5.74, 6) is -1.36. The number of carboxylic acid groups (broad SMARTS) is 1. The number of halogens is 1. The third-order valence-corrected chi connectivity index (χ3v) is 7.34. The minimum Gasteiger partial charge on any atom is -0.478 e. The van der Waals surface area contributed by atoms with Crippen LogP contribution in [0.1, 0.15) is 38.8 Å². The van der Waals surface area contributed by atoms with Crippen LogP contribution in [0.15, 0.2) is 77.7 Å². The molecule has 2 unspecified atom stereocenters. The zero-order valence-electron chi connectivity index (χ0n) is 16.8. The Morgan fingerprint density at radius 2 is 1.65 bits per heavy atom. The molecule has 0 saturated heterocycles. The van der Waals surface area contributed by atoms with Crippen molar-refractivity contribution < 1.29 is 14.7 Å². The van der Waals surface area contributed by atoms with E-state index in [1.165, 1.54) is 17.3 Å². The molecule has 4 rings (SSSR count). The van der Waals surface area contributed by atoms with E-state index in [1.54, 1.807) is 12.1 Å². The summed E-state index contributed by atoms with van der Waals surface area (Å²) in [4.78, 5) is 25.6. The minimum atomic E-state index is -1.07. The molecule has 3 aromatic rings. The number of hydrogen-bond acceptors (Lipinski definition) is 3. The smallest absolute Gasteiger partial charge is 0.337 e. The molecular weight excluding hydrogens is 430 g/mol. The molecule has 1 heterocycles. The fraction of sp³-hybridized carbons (Fsp3) is 0.200. The molecule has 158 valence electrons. The van der Waals surface area contributed by atoms with Crippen molar-refractivity contribution in [2.45, 2.75) is 34.8 Å². The highest BCUT2D eigenvalue weighted by atomic mass is 35.5. The van der Waals surface area contributed by atoms with E-state index in [9.17, 15) is 14.7 Å². The predicted octanol–water partition coefficient (Wildman–Crippen LogP) is 5.95. The van der Waals surface area contributed by atoms with Crippen LogP contribution in [0.2, 0.25) is 0 Å². The van der Waals surface area contributed by atoms with E-state index in [-0.39, 0.29) is 11.5 Å². The summed E-state index contributed by atoms with van der Waals surface area (Å²) in [6.07, 6.45) is 2.66. The van der Waals surface area contributed by atoms with Crippen LogP contribution < -0.4 is 5.32 Å². The normalized spacial score (nSPS) is 17.2. The molecule has 0 spiro atoms. The summed E-state index contributed by atoms with van der Waals surface area (Å²) in [7, 11) is 0. The van der Waals surface area contributed by atoms with Crippen molar-refractivity contribution in [3.63, 3.8) is 0 Å². The summed E-state index contributed by atoms with van der Waals surface area (Å²) in [5, 5.41) is 11.4. The molecule has 3 aromatic carbocycles. The van der Waals surface area contributed by atoms with Crippen LogP contribution in [-0.4, -0.2) is 22.2 Å². The molecule has 1 amide bonds. The molecule has 31 heavy (non-hydrogen) atoms. The number of aromatic carboxylic acids is 1. The highest BCUT2D eigenvalue weighted by Gasteiger charge is 2.37. The van der Waals surface area contributed by atoms with Crippen molar-refractivity contribution in [3.05, 3.63) is 95.1 Å². The Balaban J connectivity index is 1.47. The monoisotopic (exact) mass is 451 g/mol. The number of carboxylic acids is 1. The van der Waals surface area contributed by atoms with Gasteiger partial charge in [0.2, 0.25) is 5.91 Å². The number of amides is 1. The van der Waals surface area contributed by atoms with E-state index < -0.39 is 16.6 Å². The van der Waals surface area contributed by atoms with Gasteiger partial charge in [0, 0.05) is 4.90 Å². The van der Waals surface area contributed by atoms with Gasteiger partial charge in [0.15, 0.2) is 0 Å². The van der Waals surface area contributed by atoms with Crippen LogP contribution >= 0.6 is 23.4 Å². The summed E-state index contributed by atoms with van der Waals surface area (Å²) >= 11 is 7.94. The first-order valence-electron chi connectivity index (χ1n) is 10.1. The zero-order chi connectivity index (χ0) is 21.8. The second-order valence-corrected chi connectivity index (χ2v) is 9.15. The second kappa shape index (κ2) is 9.58. The van der Waals surface area contributed by atoms with Gasteiger partial charge >= 0.3 is 5.97 Å². The van der Waals surface area contributed by atoms with E-state index in [2.05, 4.69) is 17.4 Å². The van der Waals surface area contributed by atoms with Crippen LogP contribution in [0.3, 0.4) is 0 Å². The van der Waals surface area contributed by atoms with Gasteiger partial charge in [0.25, 0.3) is 0 Å². The lowest BCUT2D eigenvalue weighted by Crippen LogP contribution is -2.27. The van der Waals surface area contributed by atoms with Crippen LogP contribution in [0.5, 0.6) is 0 Å². The molecular formula is C25H22ClNO3S. The van der Waals surface area contributed by atoms with Crippen molar-refractivity contribution >= 4 is 40.9 Å². The Morgan fingerprint density at radius 3 is 2.39 bits per heavy atom. The van der Waals surface area contributed by atoms with Gasteiger partial charge in [-0.2, -0.15) is 0 Å². The second-order valence-electron chi connectivity index (χ2n) is 7.49. The highest BCUT2D eigenvalue weighted by molar-refractivity contribution is 8.01. The van der Waals surface area contributed by atoms with E-state index in [0.717, 1.165) is 35.3 Å². The van der Waals surface area contributed by atoms with Gasteiger partial charge in [-0.15, -0.1) is 23.4 Å². The number of hydrogen-bond donors (Lipinski definition) is 2. The Kier molecular flexibility index (Phi) is 6.64. The average molecular weight is 452 g/mol. The van der Waals surface area contributed by atoms with Gasteiger partial charge < -0.3 is 10.4 Å². The lowest BCUT2D eigenvalue weighted by atomic mass is 10.0. The topological polar surface area (TPSA) is 66.4 Å². The lowest BCUT2D eigenvalue weighted by Gasteiger charge is -2.16. The molecule has 4 nitrogen and oxygen atoms in total. The van der Waals surface area contributed by atoms with Crippen molar-refractivity contribution in [1.82, 2.24) is 0 Å². The summed E-state index contributed by atoms with van der Waals surface area (Å²) in [6, 6.07) is 23.0. The number of thioether (sulfide) groups is 1. The molecule has 0 radical (unpaired) electrons. The maximum atomic E-state index is 13.0. The predicted molar refractivity (Wildman–Crippen MR) is 125 cm³/mol. The molecule has 0 saturated carbocycles. The van der Waals surface area contributed by atoms with Gasteiger partial charge in [-0.05, 0) is 54.2 Å². The number of rotatable bonds is 7. The molecule has 0 aromatic heterocycles. The van der Waals surface area contributed by atoms with Crippen molar-refractivity contribution in [3.8, 4) is 0 Å². The van der Waals surface area contributed by atoms with Gasteiger partial charge in [-0.3, -0.25) is 4.79 Å². The van der Waals surface area contributed by atoms with E-state index in [0.29, 0.717) is 5.69 Å². The number of nitrogens with one attached hydrogen (secondary N) is 1. The van der Waals surface area contributed by atoms with Gasteiger partial charge in [0.1, 0.15) is 5.25 Å². The fourth-order valence-corrected chi connectivity index (χ4v) is 5.46. The SMILES string of the molecule is O=C(O)c1ccc(CCCc2ccccc2)cc1NC(=O)C1Sc2ccccc2C1Cl. The quantitative estimate of drug-likeness (QED) is 0.435. The number of fused-ring (bicyclic) bond motifs is 1. The van der Waals surface area contributed by atoms with Crippen molar-refractivity contribution in [2.75, 3.05) is 5.32 Å². The number of carbonyl (C=O) groups excluding carboxylic acids is 1. The Morgan fingerprint density at radius 1 is 0.935 bits per heavy atom. The zero-order valence-corrected chi connectivity index (χ0v) is 18.3. The summed E-state index contributed by atoms with van der Waals surface area (Å²) in [6.45, 7) is 0. The standard InChI is InChI=1S/C25H22ClNO3S/c26-22-19-11-4-5-12-21(19)31-23(22)24(28)27-20-15-17(13-14-18(20)25(29)30)10-6-9-16-7-2-1-3-8-16/h1-5,7-8,11-15,22-23H,6,9-10H2,(H,27,28)(H,29,30). The van der Waals surface area contributed by atoms with Gasteiger partial charge in [-0.25, -0.2) is 4.79 Å². The lowest BCUT2D eigenvalue weighted by molar-refractivity contribution is -0.115. The van der Waals surface area contributed by atoms with Gasteiger partial charge in [0.05, 0.1) is 16.6 Å². The van der Waals surface area contributed by atoms with Crippen LogP contribution in [0, 0.1) is 0 Å². The van der Waals surface area contributed by atoms with Crippen LogP contribution in [-0.2, 0) is 17.6 Å². The minimum absolute atomic E-state index is 0.0757. The number of alkyl halides is 1. The number of anilines is 1. The average Bonchev–Trinajstić information content (AvgIpc) is 3.11. The highest BCUT2D eigenvalue weighted by Crippen LogP contribution is 2.47. The number of aryl methyl sites for hydroxylation is 2. The first kappa shape index (κ1) is 21.5.